The van der Waals surface area contributed by atoms with Gasteiger partial charge in [0.2, 0.25) is 5.91 Å². The first-order chi connectivity index (χ1) is 13.2. The average molecular weight is 389 g/mol. The summed E-state index contributed by atoms with van der Waals surface area (Å²) in [5, 5.41) is 5.50. The highest BCUT2D eigenvalue weighted by Gasteiger charge is 2.30. The molecule has 9 heteroatoms. The van der Waals surface area contributed by atoms with Crippen LogP contribution in [0.15, 0.2) is 30.6 Å². The lowest BCUT2D eigenvalue weighted by atomic mass is 10.1. The summed E-state index contributed by atoms with van der Waals surface area (Å²) in [6, 6.07) is 3.50. The normalized spacial score (nSPS) is 14.9. The van der Waals surface area contributed by atoms with E-state index in [9.17, 15) is 18.4 Å². The van der Waals surface area contributed by atoms with Gasteiger partial charge in [-0.25, -0.2) is 18.6 Å². The molecule has 3 heterocycles. The first-order valence-electron chi connectivity index (χ1n) is 8.87. The van der Waals surface area contributed by atoms with Crippen molar-refractivity contribution in [2.75, 3.05) is 16.8 Å². The number of urea groups is 1. The molecule has 148 valence electrons. The molecule has 1 atom stereocenters. The summed E-state index contributed by atoms with van der Waals surface area (Å²) in [5.41, 5.74) is 1.58. The third-order valence-corrected chi connectivity index (χ3v) is 4.44. The SMILES string of the molecule is CCC(NC(=O)N1CC(=O)Nc2cc(C)cnc21)c1ccc(C(C)(F)F)cn1. The summed E-state index contributed by atoms with van der Waals surface area (Å²) in [6.45, 7) is 4.31. The van der Waals surface area contributed by atoms with Crippen molar-refractivity contribution < 1.29 is 18.4 Å². The largest absolute Gasteiger partial charge is 0.329 e. The first kappa shape index (κ1) is 19.7. The summed E-state index contributed by atoms with van der Waals surface area (Å²) in [5.74, 6) is -2.95. The van der Waals surface area contributed by atoms with Gasteiger partial charge in [0.1, 0.15) is 6.54 Å². The van der Waals surface area contributed by atoms with Gasteiger partial charge >= 0.3 is 6.03 Å². The Morgan fingerprint density at radius 3 is 2.71 bits per heavy atom. The molecule has 0 aromatic carbocycles. The van der Waals surface area contributed by atoms with E-state index in [1.807, 2.05) is 13.8 Å². The van der Waals surface area contributed by atoms with E-state index in [0.29, 0.717) is 23.6 Å². The number of fused-ring (bicyclic) bond motifs is 1. The van der Waals surface area contributed by atoms with Crippen LogP contribution in [0, 0.1) is 6.92 Å². The van der Waals surface area contributed by atoms with Gasteiger partial charge in [-0.05, 0) is 37.1 Å². The van der Waals surface area contributed by atoms with Crippen LogP contribution >= 0.6 is 0 Å². The van der Waals surface area contributed by atoms with Crippen LogP contribution in [0.1, 0.15) is 43.1 Å². The zero-order valence-corrected chi connectivity index (χ0v) is 15.8. The van der Waals surface area contributed by atoms with E-state index >= 15 is 0 Å². The van der Waals surface area contributed by atoms with Crippen molar-refractivity contribution in [3.05, 3.63) is 47.4 Å². The number of anilines is 2. The molecule has 1 aliphatic heterocycles. The van der Waals surface area contributed by atoms with Gasteiger partial charge in [0.25, 0.3) is 5.92 Å². The number of nitrogens with zero attached hydrogens (tertiary/aromatic N) is 3. The van der Waals surface area contributed by atoms with Crippen LogP contribution in [0.3, 0.4) is 0 Å². The molecule has 1 unspecified atom stereocenters. The van der Waals surface area contributed by atoms with Crippen molar-refractivity contribution in [3.8, 4) is 0 Å². The molecule has 2 aromatic rings. The average Bonchev–Trinajstić information content (AvgIpc) is 2.64. The van der Waals surface area contributed by atoms with E-state index in [4.69, 9.17) is 0 Å². The highest BCUT2D eigenvalue weighted by Crippen LogP contribution is 2.29. The number of hydrogen-bond donors (Lipinski definition) is 2. The lowest BCUT2D eigenvalue weighted by Gasteiger charge is -2.29. The van der Waals surface area contributed by atoms with Gasteiger partial charge in [0, 0.05) is 24.9 Å². The summed E-state index contributed by atoms with van der Waals surface area (Å²) in [6.07, 6.45) is 3.21. The van der Waals surface area contributed by atoms with Gasteiger partial charge in [0.15, 0.2) is 5.82 Å². The van der Waals surface area contributed by atoms with E-state index in [-0.39, 0.29) is 18.0 Å². The number of hydrogen-bond acceptors (Lipinski definition) is 4. The van der Waals surface area contributed by atoms with Crippen molar-refractivity contribution >= 4 is 23.4 Å². The van der Waals surface area contributed by atoms with Crippen molar-refractivity contribution in [1.82, 2.24) is 15.3 Å². The van der Waals surface area contributed by atoms with E-state index in [1.54, 1.807) is 12.3 Å². The van der Waals surface area contributed by atoms with Crippen LogP contribution in [0.2, 0.25) is 0 Å². The third-order valence-electron chi connectivity index (χ3n) is 4.44. The van der Waals surface area contributed by atoms with Crippen LogP contribution in [0.4, 0.5) is 25.1 Å². The fraction of sp³-hybridized carbons (Fsp3) is 0.368. The Morgan fingerprint density at radius 1 is 1.36 bits per heavy atom. The molecule has 1 aliphatic rings. The Morgan fingerprint density at radius 2 is 2.11 bits per heavy atom. The summed E-state index contributed by atoms with van der Waals surface area (Å²) in [7, 11) is 0. The zero-order valence-electron chi connectivity index (χ0n) is 15.8. The number of carbonyl (C=O) groups excluding carboxylic acids is 2. The monoisotopic (exact) mass is 389 g/mol. The molecule has 3 rings (SSSR count). The van der Waals surface area contributed by atoms with Crippen molar-refractivity contribution in [3.63, 3.8) is 0 Å². The molecule has 0 radical (unpaired) electrons. The van der Waals surface area contributed by atoms with E-state index in [0.717, 1.165) is 18.7 Å². The number of alkyl halides is 2. The quantitative estimate of drug-likeness (QED) is 0.838. The van der Waals surface area contributed by atoms with Gasteiger partial charge < -0.3 is 10.6 Å². The molecule has 7 nitrogen and oxygen atoms in total. The maximum atomic E-state index is 13.4. The van der Waals surface area contributed by atoms with Gasteiger partial charge in [-0.2, -0.15) is 0 Å². The number of nitrogens with one attached hydrogen (secondary N) is 2. The molecule has 0 fully saturated rings. The Kier molecular flexibility index (Phi) is 5.26. The number of aromatic nitrogens is 2. The Hall–Kier alpha value is -3.10. The second-order valence-electron chi connectivity index (χ2n) is 6.79. The van der Waals surface area contributed by atoms with Crippen LogP contribution < -0.4 is 15.5 Å². The number of carbonyl (C=O) groups is 2. The minimum absolute atomic E-state index is 0.167. The maximum absolute atomic E-state index is 13.4. The number of rotatable bonds is 4. The van der Waals surface area contributed by atoms with Crippen LogP contribution in [0.25, 0.3) is 0 Å². The van der Waals surface area contributed by atoms with Crippen molar-refractivity contribution in [2.24, 2.45) is 0 Å². The second-order valence-corrected chi connectivity index (χ2v) is 6.79. The summed E-state index contributed by atoms with van der Waals surface area (Å²) < 4.78 is 26.7. The lowest BCUT2D eigenvalue weighted by Crippen LogP contribution is -2.48. The van der Waals surface area contributed by atoms with Gasteiger partial charge in [-0.15, -0.1) is 0 Å². The lowest BCUT2D eigenvalue weighted by molar-refractivity contribution is -0.115. The molecule has 0 saturated heterocycles. The molecule has 2 aromatic heterocycles. The summed E-state index contributed by atoms with van der Waals surface area (Å²) in [4.78, 5) is 34.4. The molecule has 0 bridgehead atoms. The number of amides is 3. The van der Waals surface area contributed by atoms with Gasteiger partial charge in [-0.1, -0.05) is 6.92 Å². The molecule has 28 heavy (non-hydrogen) atoms. The molecule has 3 amide bonds. The zero-order chi connectivity index (χ0) is 20.5. The molecular formula is C19H21F2N5O2. The minimum Gasteiger partial charge on any atom is -0.329 e. The van der Waals surface area contributed by atoms with Crippen molar-refractivity contribution in [2.45, 2.75) is 39.2 Å². The fourth-order valence-electron chi connectivity index (χ4n) is 2.93. The molecular weight excluding hydrogens is 368 g/mol. The second kappa shape index (κ2) is 7.49. The minimum atomic E-state index is -2.98. The van der Waals surface area contributed by atoms with Crippen LogP contribution in [0.5, 0.6) is 0 Å². The fourth-order valence-corrected chi connectivity index (χ4v) is 2.93. The summed E-state index contributed by atoms with van der Waals surface area (Å²) >= 11 is 0. The Balaban J connectivity index is 1.80. The van der Waals surface area contributed by atoms with Crippen molar-refractivity contribution in [1.29, 1.82) is 0 Å². The Labute approximate surface area is 161 Å². The molecule has 0 aliphatic carbocycles. The number of pyridine rings is 2. The van der Waals surface area contributed by atoms with Crippen LogP contribution in [-0.4, -0.2) is 28.5 Å². The predicted molar refractivity (Wildman–Crippen MR) is 100 cm³/mol. The Bertz CT molecular complexity index is 896. The highest BCUT2D eigenvalue weighted by molar-refractivity contribution is 6.08. The number of aryl methyl sites for hydroxylation is 1. The van der Waals surface area contributed by atoms with Gasteiger partial charge in [-0.3, -0.25) is 14.7 Å². The molecule has 0 saturated carbocycles. The van der Waals surface area contributed by atoms with E-state index < -0.39 is 18.0 Å². The van der Waals surface area contributed by atoms with E-state index in [2.05, 4.69) is 20.6 Å². The van der Waals surface area contributed by atoms with Crippen LogP contribution in [-0.2, 0) is 10.7 Å². The smallest absolute Gasteiger partial charge is 0.324 e. The number of halogens is 2. The predicted octanol–water partition coefficient (Wildman–Crippen LogP) is 3.52. The molecule has 0 spiro atoms. The highest BCUT2D eigenvalue weighted by atomic mass is 19.3. The van der Waals surface area contributed by atoms with E-state index in [1.165, 1.54) is 17.0 Å². The third kappa shape index (κ3) is 4.08. The first-order valence-corrected chi connectivity index (χ1v) is 8.87. The maximum Gasteiger partial charge on any atom is 0.324 e. The van der Waals surface area contributed by atoms with Gasteiger partial charge in [0.05, 0.1) is 17.4 Å². The molecule has 2 N–H and O–H groups in total. The standard InChI is InChI=1S/C19H21F2N5O2/c1-4-13(14-6-5-12(9-22-14)19(3,20)21)25-18(28)26-10-16(27)24-15-7-11(2)8-23-17(15)26/h5-9,13H,4,10H2,1-3H3,(H,24,27)(H,25,28). The topological polar surface area (TPSA) is 87.2 Å².